The topological polar surface area (TPSA) is 6.48 Å². The van der Waals surface area contributed by atoms with Gasteiger partial charge in [-0.2, -0.15) is 0 Å². The van der Waals surface area contributed by atoms with E-state index in [1.165, 1.54) is 26.2 Å². The molecule has 2 nitrogen and oxygen atoms in total. The van der Waals surface area contributed by atoms with Crippen molar-refractivity contribution in [1.82, 2.24) is 9.80 Å². The summed E-state index contributed by atoms with van der Waals surface area (Å²) in [6.45, 7) is 14.3. The van der Waals surface area contributed by atoms with Crippen molar-refractivity contribution < 1.29 is 0 Å². The van der Waals surface area contributed by atoms with E-state index in [4.69, 9.17) is 0 Å². The van der Waals surface area contributed by atoms with E-state index in [-0.39, 0.29) is 0 Å². The van der Waals surface area contributed by atoms with Crippen LogP contribution in [0.4, 0.5) is 0 Å². The quantitative estimate of drug-likeness (QED) is 0.738. The number of piperazine rings is 1. The van der Waals surface area contributed by atoms with Gasteiger partial charge in [0, 0.05) is 37.6 Å². The van der Waals surface area contributed by atoms with Crippen molar-refractivity contribution in [3.8, 4) is 0 Å². The van der Waals surface area contributed by atoms with Crippen LogP contribution >= 0.6 is 15.9 Å². The Morgan fingerprint density at radius 2 is 1.94 bits per heavy atom. The van der Waals surface area contributed by atoms with Crippen LogP contribution < -0.4 is 0 Å². The Kier molecular flexibility index (Phi) is 5.27. The van der Waals surface area contributed by atoms with Crippen LogP contribution in [0.3, 0.4) is 0 Å². The van der Waals surface area contributed by atoms with Gasteiger partial charge in [-0.15, -0.1) is 0 Å². The molecule has 2 unspecified atom stereocenters. The molecule has 0 aliphatic carbocycles. The largest absolute Gasteiger partial charge is 0.304 e. The zero-order valence-corrected chi connectivity index (χ0v) is 13.0. The van der Waals surface area contributed by atoms with Gasteiger partial charge in [0.2, 0.25) is 0 Å². The van der Waals surface area contributed by atoms with E-state index in [0.717, 1.165) is 11.2 Å². The zero-order valence-electron chi connectivity index (χ0n) is 11.5. The normalized spacial score (nSPS) is 27.0. The summed E-state index contributed by atoms with van der Waals surface area (Å²) in [5, 5.41) is 1.11. The van der Waals surface area contributed by atoms with Crippen molar-refractivity contribution >= 4 is 15.9 Å². The van der Waals surface area contributed by atoms with E-state index in [1.54, 1.807) is 0 Å². The van der Waals surface area contributed by atoms with Gasteiger partial charge in [0.25, 0.3) is 0 Å². The van der Waals surface area contributed by atoms with Crippen LogP contribution in [-0.4, -0.2) is 54.4 Å². The molecule has 0 aromatic heterocycles. The van der Waals surface area contributed by atoms with Crippen LogP contribution in [0, 0.1) is 11.3 Å². The van der Waals surface area contributed by atoms with Crippen molar-refractivity contribution in [3.63, 3.8) is 0 Å². The minimum absolute atomic E-state index is 0.395. The molecular weight excluding hydrogens is 264 g/mol. The maximum atomic E-state index is 3.67. The van der Waals surface area contributed by atoms with Crippen LogP contribution in [0.1, 0.15) is 27.7 Å². The van der Waals surface area contributed by atoms with Crippen molar-refractivity contribution in [2.45, 2.75) is 33.7 Å². The second kappa shape index (κ2) is 5.83. The van der Waals surface area contributed by atoms with E-state index in [9.17, 15) is 0 Å². The van der Waals surface area contributed by atoms with Crippen LogP contribution in [0.15, 0.2) is 0 Å². The van der Waals surface area contributed by atoms with E-state index in [0.29, 0.717) is 11.5 Å². The summed E-state index contributed by atoms with van der Waals surface area (Å²) in [6.07, 6.45) is 0. The highest BCUT2D eigenvalue weighted by atomic mass is 79.9. The van der Waals surface area contributed by atoms with E-state index >= 15 is 0 Å². The second-order valence-corrected chi connectivity index (χ2v) is 6.97. The lowest BCUT2D eigenvalue weighted by Gasteiger charge is -2.42. The third-order valence-electron chi connectivity index (χ3n) is 3.83. The predicted molar refractivity (Wildman–Crippen MR) is 75.3 cm³/mol. The molecular formula is C13H27BrN2. The fourth-order valence-electron chi connectivity index (χ4n) is 2.29. The first kappa shape index (κ1) is 14.5. The first-order valence-electron chi connectivity index (χ1n) is 6.33. The molecule has 0 aromatic rings. The van der Waals surface area contributed by atoms with Gasteiger partial charge in [-0.05, 0) is 25.3 Å². The van der Waals surface area contributed by atoms with Gasteiger partial charge in [0.05, 0.1) is 0 Å². The van der Waals surface area contributed by atoms with Crippen LogP contribution in [0.25, 0.3) is 0 Å². The highest BCUT2D eigenvalue weighted by Crippen LogP contribution is 2.29. The summed E-state index contributed by atoms with van der Waals surface area (Å²) in [5.74, 6) is 0.735. The van der Waals surface area contributed by atoms with Crippen LogP contribution in [0.5, 0.6) is 0 Å². The minimum atomic E-state index is 0.395. The van der Waals surface area contributed by atoms with Gasteiger partial charge < -0.3 is 4.90 Å². The minimum Gasteiger partial charge on any atom is -0.304 e. The lowest BCUT2D eigenvalue weighted by Crippen LogP contribution is -2.52. The van der Waals surface area contributed by atoms with Crippen molar-refractivity contribution in [2.75, 3.05) is 38.6 Å². The fourth-order valence-corrected chi connectivity index (χ4v) is 3.46. The first-order valence-corrected chi connectivity index (χ1v) is 7.45. The van der Waals surface area contributed by atoms with Gasteiger partial charge in [-0.25, -0.2) is 0 Å². The molecule has 1 fully saturated rings. The Morgan fingerprint density at radius 1 is 1.31 bits per heavy atom. The van der Waals surface area contributed by atoms with Crippen molar-refractivity contribution in [3.05, 3.63) is 0 Å². The Bertz CT molecular complexity index is 212. The van der Waals surface area contributed by atoms with Gasteiger partial charge in [-0.3, -0.25) is 4.90 Å². The SMILES string of the molecule is CC1CN(C)CCN1CC(CBr)C(C)(C)C. The van der Waals surface area contributed by atoms with E-state index in [2.05, 4.69) is 60.5 Å². The number of nitrogens with zero attached hydrogens (tertiary/aromatic N) is 2. The number of likely N-dealkylation sites (N-methyl/N-ethyl adjacent to an activating group) is 1. The summed E-state index contributed by atoms with van der Waals surface area (Å²) in [5.41, 5.74) is 0.395. The van der Waals surface area contributed by atoms with E-state index < -0.39 is 0 Å². The third kappa shape index (κ3) is 4.01. The smallest absolute Gasteiger partial charge is 0.0195 e. The maximum Gasteiger partial charge on any atom is 0.0195 e. The lowest BCUT2D eigenvalue weighted by molar-refractivity contribution is 0.0677. The highest BCUT2D eigenvalue weighted by molar-refractivity contribution is 9.09. The fraction of sp³-hybridized carbons (Fsp3) is 1.00. The Hall–Kier alpha value is 0.400. The summed E-state index contributed by atoms with van der Waals surface area (Å²) in [7, 11) is 2.22. The summed E-state index contributed by atoms with van der Waals surface area (Å²) >= 11 is 3.67. The molecule has 1 saturated heterocycles. The average molecular weight is 291 g/mol. The molecule has 1 aliphatic rings. The molecule has 2 atom stereocenters. The molecule has 0 bridgehead atoms. The molecule has 0 saturated carbocycles. The maximum absolute atomic E-state index is 3.67. The molecule has 1 heterocycles. The second-order valence-electron chi connectivity index (χ2n) is 6.32. The van der Waals surface area contributed by atoms with Crippen molar-refractivity contribution in [2.24, 2.45) is 11.3 Å². The Balaban J connectivity index is 2.52. The van der Waals surface area contributed by atoms with Crippen LogP contribution in [0.2, 0.25) is 0 Å². The van der Waals surface area contributed by atoms with Gasteiger partial charge in [0.15, 0.2) is 0 Å². The van der Waals surface area contributed by atoms with Gasteiger partial charge in [0.1, 0.15) is 0 Å². The molecule has 96 valence electrons. The standard InChI is InChI=1S/C13H27BrN2/c1-11-9-15(5)6-7-16(11)10-12(8-14)13(2,3)4/h11-12H,6-10H2,1-5H3. The average Bonchev–Trinajstić information content (AvgIpc) is 2.14. The number of alkyl halides is 1. The highest BCUT2D eigenvalue weighted by Gasteiger charge is 2.29. The predicted octanol–water partition coefficient (Wildman–Crippen LogP) is 2.68. The van der Waals surface area contributed by atoms with Gasteiger partial charge in [-0.1, -0.05) is 36.7 Å². The van der Waals surface area contributed by atoms with Gasteiger partial charge >= 0.3 is 0 Å². The van der Waals surface area contributed by atoms with E-state index in [1.807, 2.05) is 0 Å². The Labute approximate surface area is 109 Å². The molecule has 0 aromatic carbocycles. The van der Waals surface area contributed by atoms with Crippen LogP contribution in [-0.2, 0) is 0 Å². The molecule has 16 heavy (non-hydrogen) atoms. The molecule has 0 amide bonds. The number of halogens is 1. The number of hydrogen-bond acceptors (Lipinski definition) is 2. The van der Waals surface area contributed by atoms with Crippen molar-refractivity contribution in [1.29, 1.82) is 0 Å². The molecule has 3 heteroatoms. The summed E-state index contributed by atoms with van der Waals surface area (Å²) in [4.78, 5) is 5.08. The first-order chi connectivity index (χ1) is 7.34. The Morgan fingerprint density at radius 3 is 2.38 bits per heavy atom. The number of rotatable bonds is 3. The summed E-state index contributed by atoms with van der Waals surface area (Å²) < 4.78 is 0. The monoisotopic (exact) mass is 290 g/mol. The number of hydrogen-bond donors (Lipinski definition) is 0. The molecule has 0 spiro atoms. The summed E-state index contributed by atoms with van der Waals surface area (Å²) in [6, 6.07) is 0.697. The molecule has 0 N–H and O–H groups in total. The molecule has 1 rings (SSSR count). The third-order valence-corrected chi connectivity index (χ3v) is 4.62. The molecule has 0 radical (unpaired) electrons. The lowest BCUT2D eigenvalue weighted by atomic mass is 9.81. The molecule has 1 aliphatic heterocycles. The zero-order chi connectivity index (χ0) is 12.3.